The number of aromatic nitrogens is 2. The highest BCUT2D eigenvalue weighted by Gasteiger charge is 2.01. The summed E-state index contributed by atoms with van der Waals surface area (Å²) in [7, 11) is 7.86. The van der Waals surface area contributed by atoms with Gasteiger partial charge in [0.15, 0.2) is 0 Å². The molecule has 0 saturated carbocycles. The van der Waals surface area contributed by atoms with Crippen molar-refractivity contribution in [1.29, 1.82) is 0 Å². The smallest absolute Gasteiger partial charge is 0.268 e. The van der Waals surface area contributed by atoms with Crippen LogP contribution in [0.4, 0.5) is 5.69 Å². The quantitative estimate of drug-likeness (QED) is 0.662. The summed E-state index contributed by atoms with van der Waals surface area (Å²) in [5, 5.41) is 7.42. The molecule has 18 heavy (non-hydrogen) atoms. The van der Waals surface area contributed by atoms with E-state index in [9.17, 15) is 4.79 Å². The highest BCUT2D eigenvalue weighted by molar-refractivity contribution is 5.40. The molecule has 0 radical (unpaired) electrons. The van der Waals surface area contributed by atoms with Crippen LogP contribution in [0.5, 0.6) is 0 Å². The molecule has 0 aliphatic rings. The lowest BCUT2D eigenvalue weighted by Crippen LogP contribution is -2.32. The van der Waals surface area contributed by atoms with Crippen molar-refractivity contribution in [3.63, 3.8) is 0 Å². The molecule has 1 N–H and O–H groups in total. The molecule has 0 atom stereocenters. The number of hydrogen-bond acceptors (Lipinski definition) is 5. The van der Waals surface area contributed by atoms with Crippen LogP contribution in [-0.4, -0.2) is 62.5 Å². The van der Waals surface area contributed by atoms with E-state index in [0.717, 1.165) is 25.3 Å². The van der Waals surface area contributed by atoms with E-state index in [4.69, 9.17) is 0 Å². The maximum Gasteiger partial charge on any atom is 0.268 e. The number of hydrogen-bond donors (Lipinski definition) is 1. The average Bonchev–Trinajstić information content (AvgIpc) is 2.29. The normalized spacial score (nSPS) is 10.9. The standard InChI is InChI=1S/C12H23N5O/c1-15(2)7-5-13-6-8-17-12(18)9-11(10-14-17)16(3)4/h9-10,13H,5-8H2,1-4H3. The first-order chi connectivity index (χ1) is 8.50. The molecule has 6 heteroatoms. The van der Waals surface area contributed by atoms with Gasteiger partial charge in [-0.2, -0.15) is 5.10 Å². The van der Waals surface area contributed by atoms with Gasteiger partial charge in [-0.25, -0.2) is 4.68 Å². The van der Waals surface area contributed by atoms with Gasteiger partial charge in [-0.05, 0) is 14.1 Å². The topological polar surface area (TPSA) is 53.4 Å². The molecule has 1 aromatic rings. The Morgan fingerprint density at radius 1 is 1.28 bits per heavy atom. The van der Waals surface area contributed by atoms with Crippen molar-refractivity contribution in [2.75, 3.05) is 52.7 Å². The minimum atomic E-state index is -0.0596. The Morgan fingerprint density at radius 2 is 2.00 bits per heavy atom. The molecule has 0 aromatic carbocycles. The lowest BCUT2D eigenvalue weighted by atomic mass is 10.4. The van der Waals surface area contributed by atoms with Gasteiger partial charge >= 0.3 is 0 Å². The third-order valence-corrected chi connectivity index (χ3v) is 2.61. The summed E-state index contributed by atoms with van der Waals surface area (Å²) in [6, 6.07) is 1.60. The predicted octanol–water partition coefficient (Wildman–Crippen LogP) is -0.539. The Balaban J connectivity index is 2.41. The molecule has 102 valence electrons. The van der Waals surface area contributed by atoms with Gasteiger partial charge < -0.3 is 15.1 Å². The van der Waals surface area contributed by atoms with E-state index >= 15 is 0 Å². The van der Waals surface area contributed by atoms with Gasteiger partial charge in [0.1, 0.15) is 0 Å². The fourth-order valence-electron chi connectivity index (χ4n) is 1.45. The Kier molecular flexibility index (Phi) is 5.80. The van der Waals surface area contributed by atoms with E-state index < -0.39 is 0 Å². The third-order valence-electron chi connectivity index (χ3n) is 2.61. The number of likely N-dealkylation sites (N-methyl/N-ethyl adjacent to an activating group) is 1. The van der Waals surface area contributed by atoms with Crippen LogP contribution < -0.4 is 15.8 Å². The summed E-state index contributed by atoms with van der Waals surface area (Å²) in [5.41, 5.74) is 0.771. The summed E-state index contributed by atoms with van der Waals surface area (Å²) in [4.78, 5) is 15.7. The van der Waals surface area contributed by atoms with Crippen LogP contribution in [0.1, 0.15) is 0 Å². The maximum absolute atomic E-state index is 11.8. The molecular weight excluding hydrogens is 230 g/mol. The summed E-state index contributed by atoms with van der Waals surface area (Å²) < 4.78 is 1.48. The summed E-state index contributed by atoms with van der Waals surface area (Å²) in [6.45, 7) is 3.25. The number of nitrogens with one attached hydrogen (secondary N) is 1. The molecule has 1 rings (SSSR count). The number of nitrogens with zero attached hydrogens (tertiary/aromatic N) is 4. The van der Waals surface area contributed by atoms with E-state index in [-0.39, 0.29) is 5.56 Å². The predicted molar refractivity (Wildman–Crippen MR) is 74.2 cm³/mol. The van der Waals surface area contributed by atoms with Gasteiger partial charge in [-0.1, -0.05) is 0 Å². The van der Waals surface area contributed by atoms with Crippen molar-refractivity contribution in [2.45, 2.75) is 6.54 Å². The maximum atomic E-state index is 11.8. The zero-order chi connectivity index (χ0) is 13.5. The molecule has 6 nitrogen and oxygen atoms in total. The molecule has 0 unspecified atom stereocenters. The SMILES string of the molecule is CN(C)CCNCCn1ncc(N(C)C)cc1=O. The Labute approximate surface area is 108 Å². The first-order valence-corrected chi connectivity index (χ1v) is 6.10. The van der Waals surface area contributed by atoms with Gasteiger partial charge in [0.2, 0.25) is 0 Å². The van der Waals surface area contributed by atoms with E-state index in [2.05, 4.69) is 15.3 Å². The van der Waals surface area contributed by atoms with Gasteiger partial charge in [0.25, 0.3) is 5.56 Å². The minimum absolute atomic E-state index is 0.0596. The Morgan fingerprint density at radius 3 is 2.56 bits per heavy atom. The third kappa shape index (κ3) is 4.85. The fourth-order valence-corrected chi connectivity index (χ4v) is 1.45. The lowest BCUT2D eigenvalue weighted by molar-refractivity contribution is 0.395. The van der Waals surface area contributed by atoms with Crippen molar-refractivity contribution in [1.82, 2.24) is 20.0 Å². The first kappa shape index (κ1) is 14.7. The average molecular weight is 253 g/mol. The Hall–Kier alpha value is -1.40. The van der Waals surface area contributed by atoms with Gasteiger partial charge in [0.05, 0.1) is 18.4 Å². The minimum Gasteiger partial charge on any atom is -0.376 e. The van der Waals surface area contributed by atoms with Crippen LogP contribution in [0.3, 0.4) is 0 Å². The molecular formula is C12H23N5O. The van der Waals surface area contributed by atoms with Crippen LogP contribution in [-0.2, 0) is 6.54 Å². The van der Waals surface area contributed by atoms with Crippen LogP contribution >= 0.6 is 0 Å². The fraction of sp³-hybridized carbons (Fsp3) is 0.667. The zero-order valence-electron chi connectivity index (χ0n) is 11.7. The van der Waals surface area contributed by atoms with E-state index in [0.29, 0.717) is 6.54 Å². The van der Waals surface area contributed by atoms with Crippen LogP contribution in [0.25, 0.3) is 0 Å². The van der Waals surface area contributed by atoms with E-state index in [1.807, 2.05) is 33.1 Å². The van der Waals surface area contributed by atoms with Gasteiger partial charge in [-0.3, -0.25) is 4.79 Å². The van der Waals surface area contributed by atoms with Crippen LogP contribution in [0, 0.1) is 0 Å². The zero-order valence-corrected chi connectivity index (χ0v) is 11.7. The summed E-state index contributed by atoms with van der Waals surface area (Å²) in [5.74, 6) is 0. The molecule has 0 spiro atoms. The molecule has 0 aliphatic heterocycles. The van der Waals surface area contributed by atoms with Crippen molar-refractivity contribution in [2.24, 2.45) is 0 Å². The largest absolute Gasteiger partial charge is 0.376 e. The van der Waals surface area contributed by atoms with Crippen LogP contribution in [0.2, 0.25) is 0 Å². The van der Waals surface area contributed by atoms with E-state index in [1.54, 1.807) is 12.3 Å². The molecule has 0 aliphatic carbocycles. The van der Waals surface area contributed by atoms with Crippen molar-refractivity contribution >= 4 is 5.69 Å². The second-order valence-electron chi connectivity index (χ2n) is 4.72. The van der Waals surface area contributed by atoms with Crippen molar-refractivity contribution < 1.29 is 0 Å². The molecule has 0 fully saturated rings. The summed E-state index contributed by atoms with van der Waals surface area (Å²) >= 11 is 0. The molecule has 1 heterocycles. The second kappa shape index (κ2) is 7.13. The van der Waals surface area contributed by atoms with Crippen LogP contribution in [0.15, 0.2) is 17.1 Å². The highest BCUT2D eigenvalue weighted by atomic mass is 16.1. The number of rotatable bonds is 7. The second-order valence-corrected chi connectivity index (χ2v) is 4.72. The van der Waals surface area contributed by atoms with E-state index in [1.165, 1.54) is 4.68 Å². The highest BCUT2D eigenvalue weighted by Crippen LogP contribution is 2.02. The lowest BCUT2D eigenvalue weighted by Gasteiger charge is -2.13. The van der Waals surface area contributed by atoms with Crippen molar-refractivity contribution in [3.8, 4) is 0 Å². The molecule has 1 aromatic heterocycles. The van der Waals surface area contributed by atoms with Gasteiger partial charge in [0, 0.05) is 39.8 Å². The molecule has 0 saturated heterocycles. The Bertz CT molecular complexity index is 413. The molecule has 0 amide bonds. The van der Waals surface area contributed by atoms with Crippen molar-refractivity contribution in [3.05, 3.63) is 22.6 Å². The monoisotopic (exact) mass is 253 g/mol. The number of anilines is 1. The molecule has 0 bridgehead atoms. The summed E-state index contributed by atoms with van der Waals surface area (Å²) in [6.07, 6.45) is 1.71. The first-order valence-electron chi connectivity index (χ1n) is 6.10. The van der Waals surface area contributed by atoms with Gasteiger partial charge in [-0.15, -0.1) is 0 Å².